The Hall–Kier alpha value is -2.17. The molecule has 0 bridgehead atoms. The predicted octanol–water partition coefficient (Wildman–Crippen LogP) is 2.62. The summed E-state index contributed by atoms with van der Waals surface area (Å²) < 4.78 is 0. The molecule has 4 nitrogen and oxygen atoms in total. The number of aliphatic hydroxyl groups excluding tert-OH is 1. The van der Waals surface area contributed by atoms with E-state index in [0.717, 1.165) is 16.7 Å². The van der Waals surface area contributed by atoms with Crippen LogP contribution >= 0.6 is 0 Å². The minimum Gasteiger partial charge on any atom is -0.480 e. The molecule has 2 aromatic rings. The Bertz CT molecular complexity index is 613. The van der Waals surface area contributed by atoms with Gasteiger partial charge in [0.25, 0.3) is 0 Å². The van der Waals surface area contributed by atoms with E-state index in [4.69, 9.17) is 0 Å². The van der Waals surface area contributed by atoms with Gasteiger partial charge in [-0.05, 0) is 23.6 Å². The lowest BCUT2D eigenvalue weighted by Gasteiger charge is -2.29. The van der Waals surface area contributed by atoms with E-state index in [1.807, 2.05) is 61.5 Å². The first-order valence-corrected chi connectivity index (χ1v) is 7.30. The van der Waals surface area contributed by atoms with E-state index in [1.165, 1.54) is 0 Å². The average molecular weight is 299 g/mol. The molecule has 0 fully saturated rings. The number of nitrogens with zero attached hydrogens (tertiary/aromatic N) is 1. The van der Waals surface area contributed by atoms with Crippen LogP contribution in [0.5, 0.6) is 0 Å². The monoisotopic (exact) mass is 299 g/mol. The number of hydrogen-bond donors (Lipinski definition) is 2. The lowest BCUT2D eigenvalue weighted by Crippen LogP contribution is -2.36. The fourth-order valence-electron chi connectivity index (χ4n) is 2.63. The van der Waals surface area contributed by atoms with Gasteiger partial charge in [-0.25, -0.2) is 0 Å². The Morgan fingerprint density at radius 1 is 1.09 bits per heavy atom. The van der Waals surface area contributed by atoms with E-state index in [9.17, 15) is 15.0 Å². The summed E-state index contributed by atoms with van der Waals surface area (Å²) in [6.07, 6.45) is 0. The van der Waals surface area contributed by atoms with Crippen molar-refractivity contribution in [3.8, 4) is 0 Å². The highest BCUT2D eigenvalue weighted by Crippen LogP contribution is 2.25. The third-order valence-electron chi connectivity index (χ3n) is 3.70. The van der Waals surface area contributed by atoms with Crippen LogP contribution in [-0.4, -0.2) is 34.2 Å². The maximum Gasteiger partial charge on any atom is 0.325 e. The van der Waals surface area contributed by atoms with Crippen LogP contribution in [0.15, 0.2) is 54.6 Å². The second-order valence-electron chi connectivity index (χ2n) is 5.28. The zero-order chi connectivity index (χ0) is 15.9. The molecule has 0 aliphatic carbocycles. The Labute approximate surface area is 130 Å². The van der Waals surface area contributed by atoms with E-state index in [2.05, 4.69) is 0 Å². The minimum absolute atomic E-state index is 0.0809. The fraction of sp³-hybridized carbons (Fsp3) is 0.278. The molecular weight excluding hydrogens is 278 g/mol. The standard InChI is InChI=1S/C18H21NO3/c1-14-7-5-6-10-16(14)17(18(21)22)19(11-12-20)13-15-8-3-2-4-9-15/h2-10,17,20H,11-13H2,1H3,(H,21,22). The predicted molar refractivity (Wildman–Crippen MR) is 85.5 cm³/mol. The first-order chi connectivity index (χ1) is 10.6. The molecule has 2 rings (SSSR count). The highest BCUT2D eigenvalue weighted by Gasteiger charge is 2.28. The van der Waals surface area contributed by atoms with Crippen LogP contribution in [-0.2, 0) is 11.3 Å². The van der Waals surface area contributed by atoms with Crippen molar-refractivity contribution in [1.82, 2.24) is 4.90 Å². The molecule has 1 unspecified atom stereocenters. The summed E-state index contributed by atoms with van der Waals surface area (Å²) in [4.78, 5) is 13.6. The van der Waals surface area contributed by atoms with Crippen molar-refractivity contribution in [2.45, 2.75) is 19.5 Å². The Kier molecular flexibility index (Phi) is 5.69. The van der Waals surface area contributed by atoms with Crippen molar-refractivity contribution >= 4 is 5.97 Å². The molecule has 116 valence electrons. The molecule has 0 spiro atoms. The molecule has 0 radical (unpaired) electrons. The molecule has 0 heterocycles. The summed E-state index contributed by atoms with van der Waals surface area (Å²) in [7, 11) is 0. The van der Waals surface area contributed by atoms with E-state index in [1.54, 1.807) is 4.90 Å². The van der Waals surface area contributed by atoms with Crippen molar-refractivity contribution in [3.63, 3.8) is 0 Å². The van der Waals surface area contributed by atoms with Gasteiger partial charge in [-0.3, -0.25) is 9.69 Å². The van der Waals surface area contributed by atoms with Gasteiger partial charge in [0.2, 0.25) is 0 Å². The van der Waals surface area contributed by atoms with E-state index >= 15 is 0 Å². The van der Waals surface area contributed by atoms with Gasteiger partial charge in [0.05, 0.1) is 6.61 Å². The summed E-state index contributed by atoms with van der Waals surface area (Å²) in [6.45, 7) is 2.61. The van der Waals surface area contributed by atoms with Crippen LogP contribution in [0.2, 0.25) is 0 Å². The SMILES string of the molecule is Cc1ccccc1C(C(=O)O)N(CCO)Cc1ccccc1. The largest absolute Gasteiger partial charge is 0.480 e. The first kappa shape index (κ1) is 16.2. The molecule has 1 atom stereocenters. The van der Waals surface area contributed by atoms with E-state index < -0.39 is 12.0 Å². The van der Waals surface area contributed by atoms with E-state index in [-0.39, 0.29) is 6.61 Å². The minimum atomic E-state index is -0.904. The summed E-state index contributed by atoms with van der Waals surface area (Å²) in [5, 5.41) is 19.0. The number of aryl methyl sites for hydroxylation is 1. The van der Waals surface area contributed by atoms with Crippen molar-refractivity contribution in [3.05, 3.63) is 71.3 Å². The van der Waals surface area contributed by atoms with Crippen molar-refractivity contribution in [1.29, 1.82) is 0 Å². The van der Waals surface area contributed by atoms with Gasteiger partial charge < -0.3 is 10.2 Å². The molecule has 4 heteroatoms. The highest BCUT2D eigenvalue weighted by atomic mass is 16.4. The van der Waals surface area contributed by atoms with Crippen molar-refractivity contribution in [2.24, 2.45) is 0 Å². The summed E-state index contributed by atoms with van der Waals surface area (Å²) >= 11 is 0. The lowest BCUT2D eigenvalue weighted by atomic mass is 9.99. The molecular formula is C18H21NO3. The second-order valence-corrected chi connectivity index (χ2v) is 5.28. The molecule has 2 aromatic carbocycles. The summed E-state index contributed by atoms with van der Waals surface area (Å²) in [5.41, 5.74) is 2.72. The first-order valence-electron chi connectivity index (χ1n) is 7.30. The zero-order valence-electron chi connectivity index (χ0n) is 12.6. The normalized spacial score (nSPS) is 12.3. The number of carbonyl (C=O) groups is 1. The van der Waals surface area contributed by atoms with E-state index in [0.29, 0.717) is 13.1 Å². The number of hydrogen-bond acceptors (Lipinski definition) is 3. The zero-order valence-corrected chi connectivity index (χ0v) is 12.6. The molecule has 0 amide bonds. The van der Waals surface area contributed by atoms with Gasteiger partial charge in [-0.2, -0.15) is 0 Å². The number of benzene rings is 2. The van der Waals surface area contributed by atoms with Gasteiger partial charge in [0.1, 0.15) is 6.04 Å². The lowest BCUT2D eigenvalue weighted by molar-refractivity contribution is -0.144. The molecule has 2 N–H and O–H groups in total. The van der Waals surface area contributed by atoms with Gasteiger partial charge in [0.15, 0.2) is 0 Å². The number of aliphatic carboxylic acids is 1. The maximum atomic E-state index is 11.8. The third kappa shape index (κ3) is 3.93. The van der Waals surface area contributed by atoms with Crippen molar-refractivity contribution < 1.29 is 15.0 Å². The smallest absolute Gasteiger partial charge is 0.325 e. The van der Waals surface area contributed by atoms with Crippen LogP contribution in [0.25, 0.3) is 0 Å². The van der Waals surface area contributed by atoms with Crippen LogP contribution in [0.4, 0.5) is 0 Å². The Morgan fingerprint density at radius 3 is 2.32 bits per heavy atom. The number of carboxylic acids is 1. The highest BCUT2D eigenvalue weighted by molar-refractivity contribution is 5.76. The summed E-state index contributed by atoms with van der Waals surface area (Å²) in [5.74, 6) is -0.904. The van der Waals surface area contributed by atoms with Crippen LogP contribution in [0.1, 0.15) is 22.7 Å². The van der Waals surface area contributed by atoms with Crippen LogP contribution < -0.4 is 0 Å². The fourth-order valence-corrected chi connectivity index (χ4v) is 2.63. The van der Waals surface area contributed by atoms with Crippen LogP contribution in [0, 0.1) is 6.92 Å². The summed E-state index contributed by atoms with van der Waals surface area (Å²) in [6, 6.07) is 16.4. The molecule has 0 aliphatic heterocycles. The quantitative estimate of drug-likeness (QED) is 0.825. The molecule has 0 aromatic heterocycles. The third-order valence-corrected chi connectivity index (χ3v) is 3.70. The van der Waals surface area contributed by atoms with Gasteiger partial charge >= 0.3 is 5.97 Å². The number of aliphatic hydroxyl groups is 1. The second kappa shape index (κ2) is 7.73. The Balaban J connectivity index is 2.34. The van der Waals surface area contributed by atoms with Gasteiger partial charge in [0, 0.05) is 13.1 Å². The topological polar surface area (TPSA) is 60.8 Å². The molecule has 0 saturated heterocycles. The maximum absolute atomic E-state index is 11.8. The number of carboxylic acid groups (broad SMARTS) is 1. The number of rotatable bonds is 7. The molecule has 22 heavy (non-hydrogen) atoms. The van der Waals surface area contributed by atoms with Gasteiger partial charge in [-0.15, -0.1) is 0 Å². The molecule has 0 saturated carbocycles. The van der Waals surface area contributed by atoms with Crippen LogP contribution in [0.3, 0.4) is 0 Å². The van der Waals surface area contributed by atoms with Crippen molar-refractivity contribution in [2.75, 3.05) is 13.2 Å². The Morgan fingerprint density at radius 2 is 1.73 bits per heavy atom. The average Bonchev–Trinajstić information content (AvgIpc) is 2.50. The molecule has 0 aliphatic rings. The van der Waals surface area contributed by atoms with Gasteiger partial charge in [-0.1, -0.05) is 54.6 Å².